The number of fused-ring (bicyclic) bond motifs is 1. The zero-order valence-corrected chi connectivity index (χ0v) is 16.5. The molecular formula is C21H20N4O5. The van der Waals surface area contributed by atoms with Crippen LogP contribution in [0.15, 0.2) is 49.1 Å². The second-order valence-electron chi connectivity index (χ2n) is 6.70. The minimum Gasteiger partial charge on any atom is -0.493 e. The fourth-order valence-electron chi connectivity index (χ4n) is 3.40. The third-order valence-corrected chi connectivity index (χ3v) is 4.80. The number of cyclic esters (lactones) is 1. The second kappa shape index (κ2) is 8.24. The monoisotopic (exact) mass is 408 g/mol. The highest BCUT2D eigenvalue weighted by molar-refractivity contribution is 5.99. The van der Waals surface area contributed by atoms with Gasteiger partial charge in [-0.1, -0.05) is 18.2 Å². The average molecular weight is 408 g/mol. The van der Waals surface area contributed by atoms with Crippen molar-refractivity contribution in [1.82, 2.24) is 14.8 Å². The van der Waals surface area contributed by atoms with Gasteiger partial charge in [-0.05, 0) is 23.8 Å². The van der Waals surface area contributed by atoms with Crippen molar-refractivity contribution in [3.8, 4) is 11.5 Å². The van der Waals surface area contributed by atoms with Gasteiger partial charge in [-0.2, -0.15) is 5.10 Å². The van der Waals surface area contributed by atoms with E-state index in [0.29, 0.717) is 34.9 Å². The number of hydrogen-bond acceptors (Lipinski definition) is 7. The maximum Gasteiger partial charge on any atom is 0.343 e. The van der Waals surface area contributed by atoms with Gasteiger partial charge in [0.15, 0.2) is 11.5 Å². The molecule has 2 heterocycles. The van der Waals surface area contributed by atoms with E-state index in [1.165, 1.54) is 20.5 Å². The molecule has 1 aliphatic rings. The summed E-state index contributed by atoms with van der Waals surface area (Å²) in [5, 5.41) is 6.90. The minimum absolute atomic E-state index is 0.00503. The normalized spacial score (nSPS) is 14.7. The molecule has 9 nitrogen and oxygen atoms in total. The Labute approximate surface area is 172 Å². The van der Waals surface area contributed by atoms with Crippen molar-refractivity contribution in [2.24, 2.45) is 0 Å². The molecule has 1 unspecified atom stereocenters. The molecule has 1 amide bonds. The molecule has 30 heavy (non-hydrogen) atoms. The maximum absolute atomic E-state index is 12.5. The Morgan fingerprint density at radius 3 is 2.63 bits per heavy atom. The van der Waals surface area contributed by atoms with Crippen LogP contribution in [0.2, 0.25) is 0 Å². The quantitative estimate of drug-likeness (QED) is 0.599. The number of aromatic nitrogens is 3. The average Bonchev–Trinajstić information content (AvgIpc) is 3.36. The molecule has 2 aromatic carbocycles. The number of methoxy groups -OCH3 is 2. The first-order chi connectivity index (χ1) is 14.6. The molecule has 3 aromatic rings. The lowest BCUT2D eigenvalue weighted by atomic mass is 10.0. The van der Waals surface area contributed by atoms with E-state index < -0.39 is 12.1 Å². The number of rotatable bonds is 7. The van der Waals surface area contributed by atoms with Crippen molar-refractivity contribution in [1.29, 1.82) is 0 Å². The Kier molecular flexibility index (Phi) is 5.34. The van der Waals surface area contributed by atoms with E-state index in [4.69, 9.17) is 14.2 Å². The van der Waals surface area contributed by atoms with Crippen LogP contribution < -0.4 is 14.8 Å². The Balaban J connectivity index is 1.42. The van der Waals surface area contributed by atoms with Crippen LogP contribution in [0.5, 0.6) is 11.5 Å². The molecular weight excluding hydrogens is 388 g/mol. The van der Waals surface area contributed by atoms with Gasteiger partial charge in [0.05, 0.1) is 27.2 Å². The lowest BCUT2D eigenvalue weighted by Crippen LogP contribution is -2.15. The number of amides is 1. The highest BCUT2D eigenvalue weighted by atomic mass is 16.6. The van der Waals surface area contributed by atoms with Crippen molar-refractivity contribution in [2.45, 2.75) is 19.1 Å². The predicted molar refractivity (Wildman–Crippen MR) is 107 cm³/mol. The third-order valence-electron chi connectivity index (χ3n) is 4.80. The SMILES string of the molecule is COc1ccc2c(c1OC)C(=O)OC2CC(=O)Nc1ccc(Cn2cncn2)cc1. The zero-order valence-electron chi connectivity index (χ0n) is 16.5. The van der Waals surface area contributed by atoms with Crippen molar-refractivity contribution in [3.63, 3.8) is 0 Å². The lowest BCUT2D eigenvalue weighted by Gasteiger charge is -2.13. The largest absolute Gasteiger partial charge is 0.493 e. The smallest absolute Gasteiger partial charge is 0.343 e. The van der Waals surface area contributed by atoms with Crippen molar-refractivity contribution >= 4 is 17.6 Å². The molecule has 0 aliphatic carbocycles. The van der Waals surface area contributed by atoms with Gasteiger partial charge in [0, 0.05) is 11.3 Å². The molecule has 0 bridgehead atoms. The number of hydrogen-bond donors (Lipinski definition) is 1. The number of carbonyl (C=O) groups is 2. The highest BCUT2D eigenvalue weighted by Crippen LogP contribution is 2.43. The minimum atomic E-state index is -0.682. The predicted octanol–water partition coefficient (Wildman–Crippen LogP) is 2.58. The van der Waals surface area contributed by atoms with E-state index in [9.17, 15) is 9.59 Å². The maximum atomic E-state index is 12.5. The van der Waals surface area contributed by atoms with Crippen LogP contribution in [0.25, 0.3) is 0 Å². The third kappa shape index (κ3) is 3.82. The van der Waals surface area contributed by atoms with E-state index in [0.717, 1.165) is 5.56 Å². The first kappa shape index (κ1) is 19.4. The summed E-state index contributed by atoms with van der Waals surface area (Å²) in [6.07, 6.45) is 2.43. The second-order valence-corrected chi connectivity index (χ2v) is 6.70. The Hall–Kier alpha value is -3.88. The van der Waals surface area contributed by atoms with Crippen LogP contribution in [-0.2, 0) is 16.1 Å². The van der Waals surface area contributed by atoms with Gasteiger partial charge in [-0.15, -0.1) is 0 Å². The van der Waals surface area contributed by atoms with Gasteiger partial charge < -0.3 is 19.5 Å². The molecule has 1 atom stereocenters. The summed E-state index contributed by atoms with van der Waals surface area (Å²) in [6.45, 7) is 0.592. The van der Waals surface area contributed by atoms with Crippen LogP contribution in [0.1, 0.15) is 34.0 Å². The molecule has 1 aromatic heterocycles. The number of anilines is 1. The van der Waals surface area contributed by atoms with Crippen molar-refractivity contribution in [3.05, 3.63) is 65.7 Å². The topological polar surface area (TPSA) is 105 Å². The summed E-state index contributed by atoms with van der Waals surface area (Å²) in [5.41, 5.74) is 2.58. The summed E-state index contributed by atoms with van der Waals surface area (Å²) in [5.74, 6) is -0.0503. The van der Waals surface area contributed by atoms with Gasteiger partial charge in [-0.25, -0.2) is 14.5 Å². The summed E-state index contributed by atoms with van der Waals surface area (Å²) in [7, 11) is 2.95. The molecule has 1 aliphatic heterocycles. The van der Waals surface area contributed by atoms with Gasteiger partial charge in [0.1, 0.15) is 24.3 Å². The lowest BCUT2D eigenvalue weighted by molar-refractivity contribution is -0.118. The van der Waals surface area contributed by atoms with Gasteiger partial charge in [0.25, 0.3) is 0 Å². The van der Waals surface area contributed by atoms with E-state index in [2.05, 4.69) is 15.4 Å². The number of esters is 1. The molecule has 4 rings (SSSR count). The fourth-order valence-corrected chi connectivity index (χ4v) is 3.40. The Bertz CT molecular complexity index is 1060. The van der Waals surface area contributed by atoms with E-state index in [1.54, 1.807) is 23.1 Å². The molecule has 0 spiro atoms. The van der Waals surface area contributed by atoms with E-state index in [1.807, 2.05) is 24.3 Å². The highest BCUT2D eigenvalue weighted by Gasteiger charge is 2.36. The number of ether oxygens (including phenoxy) is 3. The number of nitrogens with zero attached hydrogens (tertiary/aromatic N) is 3. The Morgan fingerprint density at radius 1 is 1.17 bits per heavy atom. The molecule has 0 saturated heterocycles. The summed E-state index contributed by atoms with van der Waals surface area (Å²) >= 11 is 0. The van der Waals surface area contributed by atoms with Crippen LogP contribution in [0.3, 0.4) is 0 Å². The van der Waals surface area contributed by atoms with Gasteiger partial charge in [0.2, 0.25) is 5.91 Å². The molecule has 154 valence electrons. The van der Waals surface area contributed by atoms with Crippen LogP contribution in [0.4, 0.5) is 5.69 Å². The Morgan fingerprint density at radius 2 is 1.97 bits per heavy atom. The number of nitrogens with one attached hydrogen (secondary N) is 1. The summed E-state index contributed by atoms with van der Waals surface area (Å²) in [4.78, 5) is 28.8. The first-order valence-corrected chi connectivity index (χ1v) is 9.26. The van der Waals surface area contributed by atoms with E-state index in [-0.39, 0.29) is 12.3 Å². The molecule has 0 fully saturated rings. The molecule has 1 N–H and O–H groups in total. The van der Waals surface area contributed by atoms with Gasteiger partial charge in [-0.3, -0.25) is 4.79 Å². The van der Waals surface area contributed by atoms with Crippen LogP contribution >= 0.6 is 0 Å². The van der Waals surface area contributed by atoms with Crippen LogP contribution in [-0.4, -0.2) is 40.9 Å². The van der Waals surface area contributed by atoms with E-state index >= 15 is 0 Å². The zero-order chi connectivity index (χ0) is 21.1. The van der Waals surface area contributed by atoms with Gasteiger partial charge >= 0.3 is 5.97 Å². The fraction of sp³-hybridized carbons (Fsp3) is 0.238. The molecule has 9 heteroatoms. The molecule has 0 saturated carbocycles. The standard InChI is InChI=1S/C21H20N4O5/c1-28-16-8-7-15-17(30-21(27)19(15)20(16)29-2)9-18(26)24-14-5-3-13(4-6-14)10-25-12-22-11-23-25/h3-8,11-12,17H,9-10H2,1-2H3,(H,24,26). The summed E-state index contributed by atoms with van der Waals surface area (Å²) in [6, 6.07) is 10.8. The molecule has 0 radical (unpaired) electrons. The van der Waals surface area contributed by atoms with Crippen LogP contribution in [0, 0.1) is 0 Å². The van der Waals surface area contributed by atoms with Crippen molar-refractivity contribution in [2.75, 3.05) is 19.5 Å². The summed E-state index contributed by atoms with van der Waals surface area (Å²) < 4.78 is 17.7. The number of carbonyl (C=O) groups excluding carboxylic acids is 2. The van der Waals surface area contributed by atoms with Crippen molar-refractivity contribution < 1.29 is 23.8 Å². The number of benzene rings is 2. The first-order valence-electron chi connectivity index (χ1n) is 9.26.